The molecule has 0 aromatic heterocycles. The van der Waals surface area contributed by atoms with Crippen LogP contribution in [-0.4, -0.2) is 28.4 Å². The molecule has 0 spiro atoms. The van der Waals surface area contributed by atoms with Gasteiger partial charge in [0.15, 0.2) is 6.10 Å². The third kappa shape index (κ3) is 2.50. The summed E-state index contributed by atoms with van der Waals surface area (Å²) in [5, 5.41) is 38.2. The van der Waals surface area contributed by atoms with Crippen LogP contribution in [0.4, 0.5) is 5.69 Å². The third-order valence-electron chi connectivity index (χ3n) is 2.19. The second kappa shape index (κ2) is 5.25. The second-order valence-corrected chi connectivity index (χ2v) is 3.17. The third-order valence-corrected chi connectivity index (χ3v) is 2.19. The number of aliphatic hydroxyl groups is 2. The van der Waals surface area contributed by atoms with Crippen LogP contribution in [0, 0.1) is 21.4 Å². The van der Waals surface area contributed by atoms with Gasteiger partial charge in [0, 0.05) is 6.07 Å². The maximum Gasteiger partial charge on any atom is 0.279 e. The number of aliphatic hydroxyl groups excluding tert-OH is 2. The van der Waals surface area contributed by atoms with Crippen molar-refractivity contribution in [2.75, 3.05) is 7.11 Å². The van der Waals surface area contributed by atoms with Crippen molar-refractivity contribution in [1.29, 1.82) is 5.26 Å². The van der Waals surface area contributed by atoms with E-state index >= 15 is 0 Å². The zero-order valence-corrected chi connectivity index (χ0v) is 8.90. The van der Waals surface area contributed by atoms with E-state index in [1.165, 1.54) is 25.3 Å². The van der Waals surface area contributed by atoms with Gasteiger partial charge in [0.2, 0.25) is 0 Å². The molecule has 0 aliphatic heterocycles. The molecule has 1 aromatic rings. The maximum atomic E-state index is 10.8. The van der Waals surface area contributed by atoms with Crippen molar-refractivity contribution in [3.8, 4) is 11.8 Å². The highest BCUT2D eigenvalue weighted by Gasteiger charge is 2.29. The molecule has 0 saturated heterocycles. The molecule has 0 amide bonds. The van der Waals surface area contributed by atoms with E-state index in [1.54, 1.807) is 0 Å². The van der Waals surface area contributed by atoms with Crippen molar-refractivity contribution in [2.24, 2.45) is 0 Å². The number of hydrogen-bond acceptors (Lipinski definition) is 6. The van der Waals surface area contributed by atoms with E-state index in [0.717, 1.165) is 6.07 Å². The highest BCUT2D eigenvalue weighted by Crippen LogP contribution is 2.35. The number of nitro groups is 1. The second-order valence-electron chi connectivity index (χ2n) is 3.17. The van der Waals surface area contributed by atoms with Gasteiger partial charge >= 0.3 is 0 Å². The Morgan fingerprint density at radius 3 is 2.65 bits per heavy atom. The van der Waals surface area contributed by atoms with E-state index in [1.807, 2.05) is 0 Å². The summed E-state index contributed by atoms with van der Waals surface area (Å²) in [6.45, 7) is 0. The SMILES string of the molecule is COc1cccc([N+](=O)[O-])c1C(O)C(O)C#N. The van der Waals surface area contributed by atoms with Gasteiger partial charge in [-0.1, -0.05) is 6.07 Å². The molecule has 0 aliphatic rings. The van der Waals surface area contributed by atoms with Gasteiger partial charge in [-0.2, -0.15) is 5.26 Å². The van der Waals surface area contributed by atoms with Gasteiger partial charge < -0.3 is 14.9 Å². The van der Waals surface area contributed by atoms with Crippen molar-refractivity contribution in [1.82, 2.24) is 0 Å². The Balaban J connectivity index is 3.37. The first-order valence-electron chi connectivity index (χ1n) is 4.60. The molecule has 7 nitrogen and oxygen atoms in total. The molecule has 17 heavy (non-hydrogen) atoms. The number of rotatable bonds is 4. The van der Waals surface area contributed by atoms with E-state index in [4.69, 9.17) is 10.00 Å². The molecule has 7 heteroatoms. The monoisotopic (exact) mass is 238 g/mol. The van der Waals surface area contributed by atoms with Gasteiger partial charge in [-0.25, -0.2) is 0 Å². The lowest BCUT2D eigenvalue weighted by molar-refractivity contribution is -0.386. The molecule has 90 valence electrons. The topological polar surface area (TPSA) is 117 Å². The van der Waals surface area contributed by atoms with Crippen LogP contribution in [0.25, 0.3) is 0 Å². The average Bonchev–Trinajstić information content (AvgIpc) is 2.35. The Kier molecular flexibility index (Phi) is 3.98. The molecule has 1 aromatic carbocycles. The molecular formula is C10H10N2O5. The number of nitro benzene ring substituents is 1. The molecular weight excluding hydrogens is 228 g/mol. The van der Waals surface area contributed by atoms with E-state index in [9.17, 15) is 20.3 Å². The van der Waals surface area contributed by atoms with Gasteiger partial charge in [0.25, 0.3) is 5.69 Å². The quantitative estimate of drug-likeness (QED) is 0.448. The van der Waals surface area contributed by atoms with Crippen molar-refractivity contribution in [3.05, 3.63) is 33.9 Å². The fraction of sp³-hybridized carbons (Fsp3) is 0.300. The molecule has 1 rings (SSSR count). The predicted octanol–water partition coefficient (Wildman–Crippen LogP) is 0.521. The van der Waals surface area contributed by atoms with E-state index in [2.05, 4.69) is 0 Å². The number of benzene rings is 1. The van der Waals surface area contributed by atoms with Gasteiger partial charge in [0.1, 0.15) is 17.4 Å². The van der Waals surface area contributed by atoms with Gasteiger partial charge in [-0.05, 0) is 6.07 Å². The van der Waals surface area contributed by atoms with Gasteiger partial charge in [0.05, 0.1) is 18.1 Å². The van der Waals surface area contributed by atoms with E-state index in [0.29, 0.717) is 0 Å². The summed E-state index contributed by atoms with van der Waals surface area (Å²) in [6.07, 6.45) is -3.46. The Hall–Kier alpha value is -2.17. The predicted molar refractivity (Wildman–Crippen MR) is 56.2 cm³/mol. The van der Waals surface area contributed by atoms with Crippen LogP contribution in [0.15, 0.2) is 18.2 Å². The highest BCUT2D eigenvalue weighted by atomic mass is 16.6. The molecule has 2 atom stereocenters. The van der Waals surface area contributed by atoms with Crippen LogP contribution in [0.2, 0.25) is 0 Å². The summed E-state index contributed by atoms with van der Waals surface area (Å²) in [7, 11) is 1.27. The molecule has 0 aliphatic carbocycles. The minimum absolute atomic E-state index is 0.0426. The number of nitriles is 1. The number of ether oxygens (including phenoxy) is 1. The maximum absolute atomic E-state index is 10.8. The minimum Gasteiger partial charge on any atom is -0.496 e. The molecule has 0 bridgehead atoms. The molecule has 2 N–H and O–H groups in total. The van der Waals surface area contributed by atoms with E-state index in [-0.39, 0.29) is 11.3 Å². The lowest BCUT2D eigenvalue weighted by atomic mass is 10.0. The summed E-state index contributed by atoms with van der Waals surface area (Å²) in [5.74, 6) is 0.0426. The Labute approximate surface area is 96.6 Å². The van der Waals surface area contributed by atoms with Crippen molar-refractivity contribution < 1.29 is 19.9 Å². The molecule has 0 fully saturated rings. The van der Waals surface area contributed by atoms with Crippen LogP contribution >= 0.6 is 0 Å². The van der Waals surface area contributed by atoms with E-state index < -0.39 is 22.8 Å². The number of methoxy groups -OCH3 is 1. The zero-order valence-electron chi connectivity index (χ0n) is 8.90. The average molecular weight is 238 g/mol. The number of nitrogens with zero attached hydrogens (tertiary/aromatic N) is 2. The Morgan fingerprint density at radius 1 is 1.53 bits per heavy atom. The fourth-order valence-corrected chi connectivity index (χ4v) is 1.40. The first kappa shape index (κ1) is 12.9. The summed E-state index contributed by atoms with van der Waals surface area (Å²) in [6, 6.07) is 5.35. The molecule has 0 saturated carbocycles. The summed E-state index contributed by atoms with van der Waals surface area (Å²) < 4.78 is 4.87. The van der Waals surface area contributed by atoms with Crippen molar-refractivity contribution in [2.45, 2.75) is 12.2 Å². The largest absolute Gasteiger partial charge is 0.496 e. The van der Waals surface area contributed by atoms with Crippen LogP contribution in [0.3, 0.4) is 0 Å². The summed E-state index contributed by atoms with van der Waals surface area (Å²) in [5.41, 5.74) is -0.625. The Morgan fingerprint density at radius 2 is 2.18 bits per heavy atom. The zero-order chi connectivity index (χ0) is 13.0. The highest BCUT2D eigenvalue weighted by molar-refractivity contribution is 5.51. The van der Waals surface area contributed by atoms with Crippen molar-refractivity contribution in [3.63, 3.8) is 0 Å². The van der Waals surface area contributed by atoms with Crippen LogP contribution in [0.1, 0.15) is 11.7 Å². The molecule has 2 unspecified atom stereocenters. The fourth-order valence-electron chi connectivity index (χ4n) is 1.40. The molecule has 0 radical (unpaired) electrons. The van der Waals surface area contributed by atoms with Crippen LogP contribution in [0.5, 0.6) is 5.75 Å². The van der Waals surface area contributed by atoms with Crippen LogP contribution in [-0.2, 0) is 0 Å². The van der Waals surface area contributed by atoms with Gasteiger partial charge in [-0.15, -0.1) is 0 Å². The lowest BCUT2D eigenvalue weighted by Crippen LogP contribution is -2.18. The van der Waals surface area contributed by atoms with Crippen molar-refractivity contribution >= 4 is 5.69 Å². The van der Waals surface area contributed by atoms with Crippen LogP contribution < -0.4 is 4.74 Å². The number of hydrogen-bond donors (Lipinski definition) is 2. The normalized spacial score (nSPS) is 13.5. The summed E-state index contributed by atoms with van der Waals surface area (Å²) in [4.78, 5) is 10.1. The first-order valence-corrected chi connectivity index (χ1v) is 4.60. The molecule has 0 heterocycles. The summed E-state index contributed by atoms with van der Waals surface area (Å²) >= 11 is 0. The van der Waals surface area contributed by atoms with Gasteiger partial charge in [-0.3, -0.25) is 10.1 Å². The minimum atomic E-state index is -1.76. The first-order chi connectivity index (χ1) is 8.02. The smallest absolute Gasteiger partial charge is 0.279 e. The standard InChI is InChI=1S/C10H10N2O5/c1-17-8-4-2-3-6(12(15)16)9(8)10(14)7(13)5-11/h2-4,7,10,13-14H,1H3. The Bertz CT molecular complexity index is 468. The lowest BCUT2D eigenvalue weighted by Gasteiger charge is -2.15.